The third-order valence-corrected chi connectivity index (χ3v) is 5.45. The van der Waals surface area contributed by atoms with Crippen molar-refractivity contribution in [3.05, 3.63) is 59.9 Å². The zero-order valence-corrected chi connectivity index (χ0v) is 13.2. The van der Waals surface area contributed by atoms with Gasteiger partial charge in [0.15, 0.2) is 0 Å². The zero-order chi connectivity index (χ0) is 16.7. The molecule has 1 atom stereocenters. The lowest BCUT2D eigenvalue weighted by Crippen LogP contribution is -2.23. The molecule has 4 rings (SSSR count). The molecule has 1 aromatic heterocycles. The van der Waals surface area contributed by atoms with Gasteiger partial charge in [0.2, 0.25) is 23.6 Å². The number of fused-ring (bicyclic) bond motifs is 2. The van der Waals surface area contributed by atoms with Gasteiger partial charge in [0.25, 0.3) is 0 Å². The van der Waals surface area contributed by atoms with Gasteiger partial charge in [0.05, 0.1) is 16.9 Å². The second kappa shape index (κ2) is 5.16. The molecular formula is C15H12N6O2P+. The number of nitrogen functional groups attached to an aromatic ring is 2. The van der Waals surface area contributed by atoms with E-state index in [0.29, 0.717) is 11.1 Å². The Hall–Kier alpha value is -3.21. The highest BCUT2D eigenvalue weighted by molar-refractivity contribution is 7.68. The summed E-state index contributed by atoms with van der Waals surface area (Å²) in [7, 11) is -3.53. The van der Waals surface area contributed by atoms with Gasteiger partial charge in [-0.1, -0.05) is 12.1 Å². The number of aromatic nitrogens is 3. The predicted octanol–water partition coefficient (Wildman–Crippen LogP) is 1.64. The van der Waals surface area contributed by atoms with Crippen LogP contribution in [0.25, 0.3) is 5.57 Å². The maximum atomic E-state index is 13.5. The minimum atomic E-state index is -3.53. The molecule has 1 aromatic carbocycles. The van der Waals surface area contributed by atoms with E-state index in [1.807, 2.05) is 12.1 Å². The molecule has 24 heavy (non-hydrogen) atoms. The molecule has 2 aromatic rings. The molecule has 2 heterocycles. The van der Waals surface area contributed by atoms with Gasteiger partial charge in [-0.2, -0.15) is 15.0 Å². The van der Waals surface area contributed by atoms with Crippen LogP contribution in [0.2, 0.25) is 0 Å². The molecule has 0 fully saturated rings. The number of rotatable bonds is 2. The first kappa shape index (κ1) is 14.4. The summed E-state index contributed by atoms with van der Waals surface area (Å²) in [4.78, 5) is 11.5. The van der Waals surface area contributed by atoms with E-state index in [-0.39, 0.29) is 17.8 Å². The van der Waals surface area contributed by atoms with Crippen molar-refractivity contribution in [1.29, 1.82) is 0 Å². The molecule has 0 saturated carbocycles. The van der Waals surface area contributed by atoms with Crippen LogP contribution in [-0.2, 0) is 9.09 Å². The maximum Gasteiger partial charge on any atom is 0.377 e. The Balaban J connectivity index is 1.83. The lowest BCUT2D eigenvalue weighted by molar-refractivity contribution is 0.429. The van der Waals surface area contributed by atoms with Crippen molar-refractivity contribution < 1.29 is 9.09 Å². The van der Waals surface area contributed by atoms with Crippen LogP contribution in [0.1, 0.15) is 5.56 Å². The summed E-state index contributed by atoms with van der Waals surface area (Å²) in [5.74, 6) is 0.330. The predicted molar refractivity (Wildman–Crippen MR) is 90.9 cm³/mol. The molecule has 1 aliphatic carbocycles. The van der Waals surface area contributed by atoms with E-state index < -0.39 is 7.52 Å². The van der Waals surface area contributed by atoms with Crippen LogP contribution < -0.4 is 21.9 Å². The van der Waals surface area contributed by atoms with Crippen molar-refractivity contribution >= 4 is 36.2 Å². The normalized spacial score (nSPS) is 20.7. The molecule has 1 aliphatic heterocycles. The number of nitrogens with zero attached hydrogens (tertiary/aromatic N) is 3. The number of hydrogen-bond acceptors (Lipinski definition) is 7. The van der Waals surface area contributed by atoms with Gasteiger partial charge in [0.1, 0.15) is 17.7 Å². The van der Waals surface area contributed by atoms with E-state index in [0.717, 1.165) is 11.1 Å². The van der Waals surface area contributed by atoms with Crippen LogP contribution in [0.5, 0.6) is 0 Å². The van der Waals surface area contributed by atoms with Crippen molar-refractivity contribution in [3.63, 3.8) is 0 Å². The molecule has 1 unspecified atom stereocenters. The molecule has 0 saturated heterocycles. The molecule has 9 heteroatoms. The first-order chi connectivity index (χ1) is 11.5. The Bertz CT molecular complexity index is 961. The highest BCUT2D eigenvalue weighted by Gasteiger charge is 2.41. The van der Waals surface area contributed by atoms with E-state index in [1.54, 1.807) is 30.4 Å². The van der Waals surface area contributed by atoms with E-state index in [4.69, 9.17) is 16.0 Å². The SMILES string of the molecule is Nc1nc(N)nc(NP2(=O)OC3=C(C=[C+]C=C3)c3ccccc32)n1. The first-order valence-electron chi connectivity index (χ1n) is 7.00. The van der Waals surface area contributed by atoms with Gasteiger partial charge < -0.3 is 16.0 Å². The minimum Gasteiger partial charge on any atom is -0.400 e. The molecular weight excluding hydrogens is 327 g/mol. The molecule has 0 radical (unpaired) electrons. The van der Waals surface area contributed by atoms with Gasteiger partial charge in [-0.25, -0.2) is 4.57 Å². The number of hydrogen-bond donors (Lipinski definition) is 3. The summed E-state index contributed by atoms with van der Waals surface area (Å²) in [6, 6.07) is 7.25. The summed E-state index contributed by atoms with van der Waals surface area (Å²) in [5, 5.41) is 3.25. The van der Waals surface area contributed by atoms with E-state index >= 15 is 0 Å². The number of benzene rings is 1. The Kier molecular flexibility index (Phi) is 3.09. The topological polar surface area (TPSA) is 129 Å². The number of anilines is 3. The highest BCUT2D eigenvalue weighted by atomic mass is 31.2. The van der Waals surface area contributed by atoms with Gasteiger partial charge in [-0.3, -0.25) is 5.09 Å². The second-order valence-electron chi connectivity index (χ2n) is 5.07. The average molecular weight is 339 g/mol. The third kappa shape index (κ3) is 2.31. The van der Waals surface area contributed by atoms with Crippen LogP contribution in [0.15, 0.2) is 48.3 Å². The summed E-state index contributed by atoms with van der Waals surface area (Å²) in [6.07, 6.45) is 8.18. The fourth-order valence-corrected chi connectivity index (χ4v) is 4.38. The maximum absolute atomic E-state index is 13.5. The van der Waals surface area contributed by atoms with Crippen LogP contribution >= 0.6 is 7.52 Å². The lowest BCUT2D eigenvalue weighted by atomic mass is 10.0. The van der Waals surface area contributed by atoms with Crippen LogP contribution in [0, 0.1) is 6.08 Å². The molecule has 0 bridgehead atoms. The summed E-state index contributed by atoms with van der Waals surface area (Å²) in [6.45, 7) is 0. The molecule has 8 nitrogen and oxygen atoms in total. The number of nitrogens with one attached hydrogen (secondary N) is 1. The minimum absolute atomic E-state index is 0.0101. The molecule has 118 valence electrons. The van der Waals surface area contributed by atoms with E-state index in [2.05, 4.69) is 26.1 Å². The van der Waals surface area contributed by atoms with Gasteiger partial charge >= 0.3 is 7.52 Å². The smallest absolute Gasteiger partial charge is 0.377 e. The van der Waals surface area contributed by atoms with Crippen LogP contribution in [0.3, 0.4) is 0 Å². The highest BCUT2D eigenvalue weighted by Crippen LogP contribution is 2.53. The summed E-state index contributed by atoms with van der Waals surface area (Å²) >= 11 is 0. The standard InChI is InChI=1S/C15H12N6O2P/c16-13-18-14(17)20-15(19-13)21-24(22)12-8-4-2-6-10(12)9-5-1-3-7-11(9)23-24/h2-8H,(H5,16,17,18,19,20,21,22)/q+1. The Labute approximate surface area is 137 Å². The van der Waals surface area contributed by atoms with Crippen LogP contribution in [-0.4, -0.2) is 15.0 Å². The Morgan fingerprint density at radius 3 is 2.67 bits per heavy atom. The van der Waals surface area contributed by atoms with E-state index in [1.165, 1.54) is 0 Å². The quantitative estimate of drug-likeness (QED) is 0.556. The van der Waals surface area contributed by atoms with Gasteiger partial charge in [0, 0.05) is 6.08 Å². The van der Waals surface area contributed by atoms with E-state index in [9.17, 15) is 4.57 Å². The molecule has 0 spiro atoms. The Morgan fingerprint density at radius 2 is 1.88 bits per heavy atom. The molecule has 2 aliphatic rings. The molecule has 5 N–H and O–H groups in total. The number of nitrogens with two attached hydrogens (primary N) is 2. The summed E-state index contributed by atoms with van der Waals surface area (Å²) in [5.41, 5.74) is 12.7. The van der Waals surface area contributed by atoms with Crippen molar-refractivity contribution in [2.24, 2.45) is 0 Å². The van der Waals surface area contributed by atoms with Gasteiger partial charge in [-0.15, -0.1) is 0 Å². The number of allylic oxidation sites excluding steroid dienone is 5. The van der Waals surface area contributed by atoms with Crippen LogP contribution in [0.4, 0.5) is 17.8 Å². The first-order valence-corrected chi connectivity index (χ1v) is 8.63. The lowest BCUT2D eigenvalue weighted by Gasteiger charge is -2.25. The zero-order valence-electron chi connectivity index (χ0n) is 12.3. The second-order valence-corrected chi connectivity index (χ2v) is 7.06. The monoisotopic (exact) mass is 339 g/mol. The fourth-order valence-electron chi connectivity index (χ4n) is 2.53. The molecule has 0 amide bonds. The summed E-state index contributed by atoms with van der Waals surface area (Å²) < 4.78 is 19.3. The fraction of sp³-hybridized carbons (Fsp3) is 0. The average Bonchev–Trinajstić information content (AvgIpc) is 2.54. The van der Waals surface area contributed by atoms with Crippen molar-refractivity contribution in [2.45, 2.75) is 0 Å². The van der Waals surface area contributed by atoms with Gasteiger partial charge in [-0.05, 0) is 12.1 Å². The largest absolute Gasteiger partial charge is 0.400 e. The Morgan fingerprint density at radius 1 is 1.12 bits per heavy atom. The van der Waals surface area contributed by atoms with Crippen molar-refractivity contribution in [2.75, 3.05) is 16.6 Å². The van der Waals surface area contributed by atoms with Crippen molar-refractivity contribution in [3.8, 4) is 0 Å². The van der Waals surface area contributed by atoms with Crippen molar-refractivity contribution in [1.82, 2.24) is 15.0 Å². The third-order valence-electron chi connectivity index (χ3n) is 3.48.